The molecular formula is C19H17Cl2N7O2S. The molecule has 0 aromatic heterocycles. The summed E-state index contributed by atoms with van der Waals surface area (Å²) in [5, 5.41) is 31.6. The number of nitro groups is 1. The van der Waals surface area contributed by atoms with E-state index in [1.54, 1.807) is 38.0 Å². The Labute approximate surface area is 193 Å². The van der Waals surface area contributed by atoms with Gasteiger partial charge in [-0.05, 0) is 40.5 Å². The molecule has 0 saturated carbocycles. The first-order valence-corrected chi connectivity index (χ1v) is 10.2. The quantitative estimate of drug-likeness (QED) is 0.209. The van der Waals surface area contributed by atoms with Crippen molar-refractivity contribution in [1.82, 2.24) is 9.80 Å². The number of non-ortho nitro benzene ring substituents is 1. The molecule has 9 nitrogen and oxygen atoms in total. The van der Waals surface area contributed by atoms with Crippen LogP contribution in [0.5, 0.6) is 0 Å². The molecule has 0 spiro atoms. The molecule has 0 aliphatic carbocycles. The van der Waals surface area contributed by atoms with Crippen molar-refractivity contribution in [2.75, 3.05) is 28.2 Å². The summed E-state index contributed by atoms with van der Waals surface area (Å²) in [7, 11) is 6.77. The number of rotatable bonds is 4. The Morgan fingerprint density at radius 1 is 1.00 bits per heavy atom. The summed E-state index contributed by atoms with van der Waals surface area (Å²) < 4.78 is 0. The predicted molar refractivity (Wildman–Crippen MR) is 123 cm³/mol. The van der Waals surface area contributed by atoms with Crippen molar-refractivity contribution < 1.29 is 4.92 Å². The molecule has 1 aromatic rings. The molecule has 12 heteroatoms. The molecule has 31 heavy (non-hydrogen) atoms. The maximum atomic E-state index is 11.0. The van der Waals surface area contributed by atoms with Gasteiger partial charge in [-0.25, -0.2) is 9.98 Å². The number of nitriles is 2. The molecule has 1 aliphatic heterocycles. The van der Waals surface area contributed by atoms with E-state index in [1.165, 1.54) is 24.3 Å². The van der Waals surface area contributed by atoms with E-state index in [0.717, 1.165) is 11.8 Å². The standard InChI is InChI=1S/C19H17Cl2N7O2S/c1-26(2)18(20)24-16-13(9-22)15(11-5-7-12(8-6-11)28(29)30)14(10-23)17(31-16)25-19(21)27(3)4/h5-8,15H,1-4H3. The zero-order valence-electron chi connectivity index (χ0n) is 17.0. The van der Waals surface area contributed by atoms with Crippen molar-refractivity contribution in [3.63, 3.8) is 0 Å². The Morgan fingerprint density at radius 2 is 1.42 bits per heavy atom. The van der Waals surface area contributed by atoms with E-state index < -0.39 is 10.8 Å². The molecule has 0 unspecified atom stereocenters. The van der Waals surface area contributed by atoms with Gasteiger partial charge in [0.05, 0.1) is 34.1 Å². The molecule has 1 aliphatic rings. The van der Waals surface area contributed by atoms with Gasteiger partial charge in [0.1, 0.15) is 10.1 Å². The highest BCUT2D eigenvalue weighted by Gasteiger charge is 2.34. The third-order valence-electron chi connectivity index (χ3n) is 4.04. The number of hydrogen-bond donors (Lipinski definition) is 0. The monoisotopic (exact) mass is 477 g/mol. The zero-order chi connectivity index (χ0) is 23.3. The molecule has 0 amide bonds. The first kappa shape index (κ1) is 24.2. The van der Waals surface area contributed by atoms with E-state index in [1.807, 2.05) is 0 Å². The van der Waals surface area contributed by atoms with E-state index in [-0.39, 0.29) is 37.5 Å². The van der Waals surface area contributed by atoms with Gasteiger partial charge in [-0.2, -0.15) is 10.5 Å². The van der Waals surface area contributed by atoms with Gasteiger partial charge in [0, 0.05) is 40.3 Å². The van der Waals surface area contributed by atoms with Crippen LogP contribution in [0.3, 0.4) is 0 Å². The largest absolute Gasteiger partial charge is 0.353 e. The molecule has 0 bridgehead atoms. The van der Waals surface area contributed by atoms with E-state index >= 15 is 0 Å². The van der Waals surface area contributed by atoms with Gasteiger partial charge in [-0.3, -0.25) is 10.1 Å². The van der Waals surface area contributed by atoms with Gasteiger partial charge in [-0.15, -0.1) is 0 Å². The lowest BCUT2D eigenvalue weighted by Crippen LogP contribution is -2.19. The highest BCUT2D eigenvalue weighted by atomic mass is 35.5. The van der Waals surface area contributed by atoms with Crippen LogP contribution in [-0.2, 0) is 0 Å². The lowest BCUT2D eigenvalue weighted by Gasteiger charge is -2.24. The van der Waals surface area contributed by atoms with Crippen LogP contribution < -0.4 is 0 Å². The van der Waals surface area contributed by atoms with Crippen LogP contribution in [0.4, 0.5) is 5.69 Å². The van der Waals surface area contributed by atoms with Crippen LogP contribution in [0.2, 0.25) is 0 Å². The van der Waals surface area contributed by atoms with Gasteiger partial charge >= 0.3 is 0 Å². The zero-order valence-corrected chi connectivity index (χ0v) is 19.3. The fourth-order valence-corrected chi connectivity index (χ4v) is 3.74. The smallest absolute Gasteiger partial charge is 0.269 e. The van der Waals surface area contributed by atoms with Crippen molar-refractivity contribution in [3.05, 3.63) is 61.1 Å². The van der Waals surface area contributed by atoms with Gasteiger partial charge in [-0.1, -0.05) is 12.1 Å². The Hall–Kier alpha value is -3.05. The third-order valence-corrected chi connectivity index (χ3v) is 5.89. The second kappa shape index (κ2) is 10.3. The summed E-state index contributed by atoms with van der Waals surface area (Å²) in [5.41, 5.74) is 0.744. The van der Waals surface area contributed by atoms with Crippen molar-refractivity contribution in [3.8, 4) is 12.1 Å². The van der Waals surface area contributed by atoms with Crippen molar-refractivity contribution in [1.29, 1.82) is 10.5 Å². The number of nitrogens with zero attached hydrogens (tertiary/aromatic N) is 7. The fraction of sp³-hybridized carbons (Fsp3) is 0.263. The van der Waals surface area contributed by atoms with Crippen LogP contribution in [0.15, 0.2) is 55.5 Å². The molecule has 0 N–H and O–H groups in total. The Morgan fingerprint density at radius 3 is 1.74 bits per heavy atom. The molecule has 0 fully saturated rings. The fourth-order valence-electron chi connectivity index (χ4n) is 2.47. The highest BCUT2D eigenvalue weighted by molar-refractivity contribution is 8.06. The molecular weight excluding hydrogens is 461 g/mol. The highest BCUT2D eigenvalue weighted by Crippen LogP contribution is 2.47. The maximum Gasteiger partial charge on any atom is 0.269 e. The second-order valence-electron chi connectivity index (χ2n) is 6.60. The number of hydrogen-bond acceptors (Lipinski definition) is 7. The minimum atomic E-state index is -0.840. The number of aliphatic imine (C=N–C) groups is 2. The average Bonchev–Trinajstić information content (AvgIpc) is 2.73. The van der Waals surface area contributed by atoms with Crippen LogP contribution in [0, 0.1) is 32.8 Å². The Balaban J connectivity index is 2.79. The number of thioether (sulfide) groups is 1. The first-order chi connectivity index (χ1) is 14.6. The van der Waals surface area contributed by atoms with Crippen LogP contribution in [-0.4, -0.2) is 53.5 Å². The SMILES string of the molecule is CN(C)C(Cl)=NC1=C(C#N)C(c2ccc([N+](=O)[O-])cc2)C(C#N)=C(N=C(Cl)N(C)C)S1. The van der Waals surface area contributed by atoms with Crippen molar-refractivity contribution in [2.45, 2.75) is 5.92 Å². The molecule has 1 heterocycles. The summed E-state index contributed by atoms with van der Waals surface area (Å²) in [6.45, 7) is 0. The molecule has 0 radical (unpaired) electrons. The van der Waals surface area contributed by atoms with E-state index in [0.29, 0.717) is 5.56 Å². The van der Waals surface area contributed by atoms with Crippen LogP contribution in [0.1, 0.15) is 11.5 Å². The van der Waals surface area contributed by atoms with Gasteiger partial charge in [0.15, 0.2) is 10.6 Å². The van der Waals surface area contributed by atoms with E-state index in [2.05, 4.69) is 22.1 Å². The van der Waals surface area contributed by atoms with Gasteiger partial charge in [0.25, 0.3) is 5.69 Å². The normalized spacial score (nSPS) is 17.2. The predicted octanol–water partition coefficient (Wildman–Crippen LogP) is 4.21. The molecule has 0 saturated heterocycles. The molecule has 0 atom stereocenters. The van der Waals surface area contributed by atoms with Gasteiger partial charge in [0.2, 0.25) is 0 Å². The van der Waals surface area contributed by atoms with Crippen LogP contribution in [0.25, 0.3) is 0 Å². The molecule has 160 valence electrons. The average molecular weight is 478 g/mol. The topological polar surface area (TPSA) is 122 Å². The maximum absolute atomic E-state index is 11.0. The van der Waals surface area contributed by atoms with Crippen molar-refractivity contribution in [2.24, 2.45) is 9.98 Å². The lowest BCUT2D eigenvalue weighted by molar-refractivity contribution is -0.384. The Kier molecular flexibility index (Phi) is 8.06. The number of halogens is 2. The minimum Gasteiger partial charge on any atom is -0.353 e. The number of allylic oxidation sites excluding steroid dienone is 2. The molecule has 2 rings (SSSR count). The second-order valence-corrected chi connectivity index (χ2v) is 8.25. The minimum absolute atomic E-state index is 0.110. The summed E-state index contributed by atoms with van der Waals surface area (Å²) >= 11 is 13.4. The summed E-state index contributed by atoms with van der Waals surface area (Å²) in [6, 6.07) is 9.84. The van der Waals surface area contributed by atoms with Crippen LogP contribution >= 0.6 is 35.0 Å². The van der Waals surface area contributed by atoms with Crippen molar-refractivity contribution >= 4 is 51.2 Å². The summed E-state index contributed by atoms with van der Waals surface area (Å²) in [4.78, 5) is 22.3. The van der Waals surface area contributed by atoms with E-state index in [4.69, 9.17) is 23.2 Å². The first-order valence-electron chi connectivity index (χ1n) is 8.64. The summed E-state index contributed by atoms with van der Waals surface area (Å²) in [5.74, 6) is -0.840. The Bertz CT molecular complexity index is 1040. The third kappa shape index (κ3) is 5.56. The summed E-state index contributed by atoms with van der Waals surface area (Å²) in [6.07, 6.45) is 0. The van der Waals surface area contributed by atoms with E-state index in [9.17, 15) is 20.6 Å². The number of benzene rings is 1. The number of amidine groups is 2. The molecule has 1 aromatic carbocycles. The number of nitro benzene ring substituents is 1. The van der Waals surface area contributed by atoms with Gasteiger partial charge < -0.3 is 9.80 Å². The lowest BCUT2D eigenvalue weighted by atomic mass is 9.85.